The topological polar surface area (TPSA) is 103 Å². The predicted octanol–water partition coefficient (Wildman–Crippen LogP) is 2.35. The number of piperidine rings is 1. The number of carbonyl (C=O) groups is 3. The van der Waals surface area contributed by atoms with E-state index in [0.29, 0.717) is 39.0 Å². The van der Waals surface area contributed by atoms with Gasteiger partial charge in [0.25, 0.3) is 0 Å². The zero-order valence-corrected chi connectivity index (χ0v) is 26.8. The van der Waals surface area contributed by atoms with Gasteiger partial charge >= 0.3 is 0 Å². The molecule has 10 nitrogen and oxygen atoms in total. The molecule has 2 saturated heterocycles. The monoisotopic (exact) mass is 601 g/mol. The van der Waals surface area contributed by atoms with E-state index in [0.717, 1.165) is 35.9 Å². The van der Waals surface area contributed by atoms with E-state index >= 15 is 0 Å². The predicted molar refractivity (Wildman–Crippen MR) is 172 cm³/mol. The molecule has 2 unspecified atom stereocenters. The van der Waals surface area contributed by atoms with Crippen molar-refractivity contribution in [3.63, 3.8) is 0 Å². The Morgan fingerprint density at radius 3 is 2.55 bits per heavy atom. The summed E-state index contributed by atoms with van der Waals surface area (Å²) in [5, 5.41) is 11.8. The van der Waals surface area contributed by atoms with Crippen molar-refractivity contribution < 1.29 is 14.4 Å². The number of nitrogens with zero attached hydrogens (tertiary/aromatic N) is 5. The van der Waals surface area contributed by atoms with Gasteiger partial charge in [-0.3, -0.25) is 19.1 Å². The molecule has 0 radical (unpaired) electrons. The van der Waals surface area contributed by atoms with Gasteiger partial charge in [0.1, 0.15) is 6.04 Å². The molecule has 1 aromatic heterocycles. The highest BCUT2D eigenvalue weighted by Crippen LogP contribution is 2.30. The van der Waals surface area contributed by atoms with Gasteiger partial charge in [0, 0.05) is 45.7 Å². The summed E-state index contributed by atoms with van der Waals surface area (Å²) in [4.78, 5) is 47.1. The second kappa shape index (κ2) is 13.9. The number of hydrogen-bond acceptors (Lipinski definition) is 6. The second-order valence-corrected chi connectivity index (χ2v) is 12.9. The lowest BCUT2D eigenvalue weighted by Gasteiger charge is -2.37. The number of likely N-dealkylation sites (tertiary alicyclic amines) is 1. The number of aryl methyl sites for hydroxylation is 2. The molecule has 2 aromatic carbocycles. The lowest BCUT2D eigenvalue weighted by molar-refractivity contribution is -0.146. The zero-order chi connectivity index (χ0) is 31.4. The summed E-state index contributed by atoms with van der Waals surface area (Å²) < 4.78 is 1.82. The van der Waals surface area contributed by atoms with Crippen molar-refractivity contribution in [3.8, 4) is 0 Å². The molecule has 2 aliphatic rings. The van der Waals surface area contributed by atoms with Crippen LogP contribution in [0.1, 0.15) is 36.0 Å². The normalized spacial score (nSPS) is 22.0. The van der Waals surface area contributed by atoms with Crippen LogP contribution in [0.4, 0.5) is 0 Å². The van der Waals surface area contributed by atoms with Gasteiger partial charge in [-0.05, 0) is 82.4 Å². The molecule has 2 aliphatic heterocycles. The first-order valence-electron chi connectivity index (χ1n) is 15.8. The first-order valence-corrected chi connectivity index (χ1v) is 15.8. The molecule has 5 rings (SSSR count). The third-order valence-electron chi connectivity index (χ3n) is 9.20. The van der Waals surface area contributed by atoms with Crippen molar-refractivity contribution in [1.82, 2.24) is 35.1 Å². The van der Waals surface area contributed by atoms with Crippen LogP contribution in [-0.2, 0) is 34.4 Å². The van der Waals surface area contributed by atoms with Gasteiger partial charge in [-0.15, -0.1) is 0 Å². The minimum absolute atomic E-state index is 0.0143. The molecule has 2 fully saturated rings. The number of benzene rings is 2. The van der Waals surface area contributed by atoms with E-state index in [1.807, 2.05) is 62.2 Å². The molecule has 2 N–H and O–H groups in total. The summed E-state index contributed by atoms with van der Waals surface area (Å²) >= 11 is 0. The summed E-state index contributed by atoms with van der Waals surface area (Å²) in [5.74, 6) is -0.621. The molecular weight excluding hydrogens is 554 g/mol. The Kier molecular flexibility index (Phi) is 10.0. The molecule has 0 aliphatic carbocycles. The van der Waals surface area contributed by atoms with Crippen molar-refractivity contribution in [2.75, 3.05) is 47.3 Å². The van der Waals surface area contributed by atoms with E-state index in [-0.39, 0.29) is 23.6 Å². The first kappa shape index (κ1) is 31.7. The second-order valence-electron chi connectivity index (χ2n) is 12.9. The number of carbonyl (C=O) groups excluding carboxylic acids is 3. The third-order valence-corrected chi connectivity index (χ3v) is 9.20. The number of hydrogen-bond donors (Lipinski definition) is 2. The summed E-state index contributed by atoms with van der Waals surface area (Å²) in [7, 11) is 7.68. The first-order chi connectivity index (χ1) is 21.1. The maximum Gasteiger partial charge on any atom is 0.243 e. The SMILES string of the molecule is Cc1ccc(C[C@@H]2C[C@@H](C(=O)NCc3ccc4c(cnn4C)c3)N(C(=O)C3NCCCC3C(=O)N(C)CCN(C)C)C2)cc1. The number of aromatic nitrogens is 2. The molecule has 0 saturated carbocycles. The van der Waals surface area contributed by atoms with Crippen LogP contribution >= 0.6 is 0 Å². The molecule has 236 valence electrons. The van der Waals surface area contributed by atoms with Gasteiger partial charge in [0.05, 0.1) is 23.7 Å². The van der Waals surface area contributed by atoms with Crippen molar-refractivity contribution >= 4 is 28.6 Å². The fraction of sp³-hybridized carbons (Fsp3) is 0.529. The van der Waals surface area contributed by atoms with Crippen LogP contribution < -0.4 is 10.6 Å². The maximum absolute atomic E-state index is 14.3. The third kappa shape index (κ3) is 7.30. The van der Waals surface area contributed by atoms with Gasteiger partial charge in [0.15, 0.2) is 0 Å². The Morgan fingerprint density at radius 2 is 1.80 bits per heavy atom. The van der Waals surface area contributed by atoms with E-state index in [9.17, 15) is 14.4 Å². The number of rotatable bonds is 10. The van der Waals surface area contributed by atoms with E-state index in [1.54, 1.807) is 9.80 Å². The molecule has 0 bridgehead atoms. The Labute approximate surface area is 260 Å². The minimum atomic E-state index is -0.639. The van der Waals surface area contributed by atoms with Crippen LogP contribution in [0.5, 0.6) is 0 Å². The average molecular weight is 602 g/mol. The van der Waals surface area contributed by atoms with E-state index in [2.05, 4.69) is 46.9 Å². The number of nitrogens with one attached hydrogen (secondary N) is 2. The summed E-state index contributed by atoms with van der Waals surface area (Å²) in [5.41, 5.74) is 4.41. The van der Waals surface area contributed by atoms with E-state index < -0.39 is 18.0 Å². The Hall–Kier alpha value is -3.76. The van der Waals surface area contributed by atoms with Crippen molar-refractivity contribution in [3.05, 3.63) is 65.4 Å². The average Bonchev–Trinajstić information content (AvgIpc) is 3.62. The van der Waals surface area contributed by atoms with Crippen LogP contribution in [0.2, 0.25) is 0 Å². The Morgan fingerprint density at radius 1 is 1.05 bits per heavy atom. The molecule has 4 atom stereocenters. The smallest absolute Gasteiger partial charge is 0.243 e. The molecule has 3 aromatic rings. The number of fused-ring (bicyclic) bond motifs is 1. The number of likely N-dealkylation sites (N-methyl/N-ethyl adjacent to an activating group) is 2. The highest BCUT2D eigenvalue weighted by molar-refractivity contribution is 5.94. The van der Waals surface area contributed by atoms with Gasteiger partial charge < -0.3 is 25.3 Å². The maximum atomic E-state index is 14.3. The fourth-order valence-electron chi connectivity index (χ4n) is 6.59. The van der Waals surface area contributed by atoms with Gasteiger partial charge in [-0.2, -0.15) is 5.10 Å². The van der Waals surface area contributed by atoms with Crippen LogP contribution in [0.3, 0.4) is 0 Å². The lowest BCUT2D eigenvalue weighted by Crippen LogP contribution is -2.59. The van der Waals surface area contributed by atoms with Crippen molar-refractivity contribution in [2.45, 2.75) is 51.2 Å². The van der Waals surface area contributed by atoms with Crippen molar-refractivity contribution in [1.29, 1.82) is 0 Å². The van der Waals surface area contributed by atoms with Gasteiger partial charge in [-0.1, -0.05) is 35.9 Å². The Bertz CT molecular complexity index is 1470. The lowest BCUT2D eigenvalue weighted by atomic mass is 9.88. The highest BCUT2D eigenvalue weighted by Gasteiger charge is 2.45. The quantitative estimate of drug-likeness (QED) is 0.370. The van der Waals surface area contributed by atoms with E-state index in [1.165, 1.54) is 11.1 Å². The Balaban J connectivity index is 1.33. The summed E-state index contributed by atoms with van der Waals surface area (Å²) in [6, 6.07) is 13.3. The largest absolute Gasteiger partial charge is 0.350 e. The molecule has 3 amide bonds. The van der Waals surface area contributed by atoms with Crippen LogP contribution in [0.15, 0.2) is 48.7 Å². The molecular formula is C34H47N7O3. The summed E-state index contributed by atoms with van der Waals surface area (Å²) in [6.45, 7) is 4.95. The highest BCUT2D eigenvalue weighted by atomic mass is 16.2. The van der Waals surface area contributed by atoms with Crippen molar-refractivity contribution in [2.24, 2.45) is 18.9 Å². The standard InChI is InChI=1S/C34H47N7O3/c1-23-8-10-24(11-9-23)17-26-19-30(32(42)36-20-25-12-13-29-27(18-25)21-37-40(29)5)41(22-26)34(44)31-28(7-6-14-35-31)33(43)39(4)16-15-38(2)3/h8-13,18,21,26,28,30-31,35H,6-7,14-17,19-20,22H2,1-5H3,(H,36,42)/t26-,28?,30+,31?/m1/s1. The minimum Gasteiger partial charge on any atom is -0.350 e. The van der Waals surface area contributed by atoms with Gasteiger partial charge in [0.2, 0.25) is 17.7 Å². The summed E-state index contributed by atoms with van der Waals surface area (Å²) in [6.07, 6.45) is 4.69. The van der Waals surface area contributed by atoms with Gasteiger partial charge in [-0.25, -0.2) is 0 Å². The number of amides is 3. The van der Waals surface area contributed by atoms with E-state index in [4.69, 9.17) is 0 Å². The molecule has 44 heavy (non-hydrogen) atoms. The van der Waals surface area contributed by atoms with Crippen LogP contribution in [-0.4, -0.2) is 102 Å². The molecule has 10 heteroatoms. The van der Waals surface area contributed by atoms with Crippen LogP contribution in [0, 0.1) is 18.8 Å². The van der Waals surface area contributed by atoms with Crippen LogP contribution in [0.25, 0.3) is 10.9 Å². The molecule has 0 spiro atoms. The fourth-order valence-corrected chi connectivity index (χ4v) is 6.59. The molecule has 3 heterocycles. The zero-order valence-electron chi connectivity index (χ0n) is 26.8.